The second-order valence-corrected chi connectivity index (χ2v) is 17.4. The average Bonchev–Trinajstić information content (AvgIpc) is 4.01. The Morgan fingerprint density at radius 1 is 0.930 bits per heavy atom. The van der Waals surface area contributed by atoms with E-state index < -0.39 is 40.9 Å². The Kier molecular flexibility index (Phi) is 8.42. The van der Waals surface area contributed by atoms with Gasteiger partial charge in [0.2, 0.25) is 23.6 Å². The molecule has 0 radical (unpaired) electrons. The number of aliphatic hydroxyl groups is 1. The van der Waals surface area contributed by atoms with Gasteiger partial charge in [-0.2, -0.15) is 5.10 Å². The first-order valence-electron chi connectivity index (χ1n) is 19.3. The number of aryl methyl sites for hydroxylation is 2. The van der Waals surface area contributed by atoms with Crippen LogP contribution >= 0.6 is 22.9 Å². The largest absolute Gasteiger partial charge is 0.463 e. The number of thiophene rings is 1. The predicted octanol–water partition coefficient (Wildman–Crippen LogP) is 6.62. The van der Waals surface area contributed by atoms with E-state index in [0.717, 1.165) is 44.9 Å². The summed E-state index contributed by atoms with van der Waals surface area (Å²) in [6.45, 7) is 6.29. The summed E-state index contributed by atoms with van der Waals surface area (Å²) in [5.74, 6) is -3.64. The fourth-order valence-electron chi connectivity index (χ4n) is 10.3. The van der Waals surface area contributed by atoms with E-state index in [1.807, 2.05) is 62.4 Å². The molecule has 3 aromatic heterocycles. The lowest BCUT2D eigenvalue weighted by Crippen LogP contribution is -2.48. The molecule has 1 N–H and O–H groups in total. The van der Waals surface area contributed by atoms with Crippen molar-refractivity contribution in [2.75, 3.05) is 41.0 Å². The van der Waals surface area contributed by atoms with E-state index in [0.29, 0.717) is 53.4 Å². The van der Waals surface area contributed by atoms with Crippen LogP contribution in [0.2, 0.25) is 5.02 Å². The molecule has 0 unspecified atom stereocenters. The first kappa shape index (κ1) is 36.3. The molecule has 1 saturated carbocycles. The van der Waals surface area contributed by atoms with Gasteiger partial charge in [0, 0.05) is 41.6 Å². The molecule has 4 fully saturated rings. The molecule has 0 spiro atoms. The number of furan rings is 1. The van der Waals surface area contributed by atoms with Gasteiger partial charge >= 0.3 is 0 Å². The maximum absolute atomic E-state index is 15.1. The van der Waals surface area contributed by atoms with Crippen LogP contribution in [0.15, 0.2) is 76.7 Å². The minimum Gasteiger partial charge on any atom is -0.463 e. The summed E-state index contributed by atoms with van der Waals surface area (Å²) < 4.78 is 14.3. The molecule has 3 aliphatic heterocycles. The lowest BCUT2D eigenvalue weighted by Gasteiger charge is -2.48. The standard InChI is InChI=1S/C43H40ClN5O7S/c1-22-29-18-23(44)4-13-34(29)57-38(22)32-20-35(46(3)45-32)49-40(52)31-19-30-27(37(43(31,2)42(49)54)33-12-9-26(21-50)56-33)10-11-28-36(30)41(53)48(39(28)51)25-7-5-24(6-8-25)47-14-16-55-17-15-47/h4-10,12-13,18,20,28,30-31,36-37,50H,11,14-17,19,21H2,1-3H3/t28-,30+,31-,36-,37+,43+/m0/s1. The van der Waals surface area contributed by atoms with E-state index in [1.165, 1.54) is 9.80 Å². The number of hydrogen-bond donors (Lipinski definition) is 1. The second kappa shape index (κ2) is 13.2. The van der Waals surface area contributed by atoms with Crippen LogP contribution in [-0.4, -0.2) is 64.8 Å². The van der Waals surface area contributed by atoms with Crippen molar-refractivity contribution in [3.05, 3.63) is 94.4 Å². The Labute approximate surface area is 337 Å². The molecule has 0 bridgehead atoms. The number of carbonyl (C=O) groups excluding carboxylic acids is 4. The summed E-state index contributed by atoms with van der Waals surface area (Å²) in [6, 6.07) is 18.5. The van der Waals surface area contributed by atoms with Gasteiger partial charge in [-0.1, -0.05) is 23.3 Å². The molecule has 10 rings (SSSR count). The number of halogens is 1. The number of amides is 4. The molecule has 6 atom stereocenters. The Morgan fingerprint density at radius 2 is 1.68 bits per heavy atom. The molecule has 3 saturated heterocycles. The normalized spacial score (nSPS) is 27.4. The van der Waals surface area contributed by atoms with Gasteiger partial charge in [-0.25, -0.2) is 4.90 Å². The van der Waals surface area contributed by atoms with Crippen molar-refractivity contribution in [2.24, 2.45) is 36.1 Å². The van der Waals surface area contributed by atoms with Crippen molar-refractivity contribution < 1.29 is 33.4 Å². The summed E-state index contributed by atoms with van der Waals surface area (Å²) >= 11 is 7.89. The SMILES string of the molecule is Cc1c(-c2cc(N3C(=O)[C@@H]4C[C@@H]5C(=CC[C@@H]6C(=O)N(c7ccc(N8CCOCC8)cc7)C(=O)[C@@H]65)[C@H](c5ccc(CO)o5)[C@]4(C)C3=O)n(C)n2)sc2ccc(Cl)cc12. The van der Waals surface area contributed by atoms with Crippen LogP contribution in [0.1, 0.15) is 42.8 Å². The number of imide groups is 2. The third-order valence-corrected chi connectivity index (χ3v) is 14.6. The summed E-state index contributed by atoms with van der Waals surface area (Å²) in [5.41, 5.74) is 2.65. The zero-order valence-corrected chi connectivity index (χ0v) is 33.2. The molecular weight excluding hydrogens is 766 g/mol. The van der Waals surface area contributed by atoms with Crippen molar-refractivity contribution >= 4 is 73.8 Å². The summed E-state index contributed by atoms with van der Waals surface area (Å²) in [7, 11) is 1.72. The average molecular weight is 806 g/mol. The quantitative estimate of drug-likeness (QED) is 0.148. The number of fused-ring (bicyclic) bond motifs is 5. The number of morpholine rings is 1. The Morgan fingerprint density at radius 3 is 2.42 bits per heavy atom. The van der Waals surface area contributed by atoms with Crippen LogP contribution in [0.25, 0.3) is 20.7 Å². The number of aromatic nitrogens is 2. The van der Waals surface area contributed by atoms with E-state index in [2.05, 4.69) is 4.90 Å². The molecule has 5 aliphatic rings. The van der Waals surface area contributed by atoms with Gasteiger partial charge in [0.05, 0.1) is 52.9 Å². The highest BCUT2D eigenvalue weighted by molar-refractivity contribution is 7.22. The highest BCUT2D eigenvalue weighted by Crippen LogP contribution is 2.64. The van der Waals surface area contributed by atoms with Gasteiger partial charge in [0.1, 0.15) is 29.6 Å². The third kappa shape index (κ3) is 5.28. The molecule has 2 aliphatic carbocycles. The second-order valence-electron chi connectivity index (χ2n) is 16.0. The smallest absolute Gasteiger partial charge is 0.242 e. The number of carbonyl (C=O) groups is 4. The number of ether oxygens (including phenoxy) is 1. The molecule has 292 valence electrons. The first-order chi connectivity index (χ1) is 27.5. The van der Waals surface area contributed by atoms with Crippen LogP contribution in [0, 0.1) is 36.0 Å². The van der Waals surface area contributed by atoms with Crippen molar-refractivity contribution in [3.8, 4) is 10.6 Å². The summed E-state index contributed by atoms with van der Waals surface area (Å²) in [4.78, 5) is 64.4. The van der Waals surface area contributed by atoms with E-state index >= 15 is 4.79 Å². The van der Waals surface area contributed by atoms with Crippen LogP contribution in [-0.2, 0) is 37.6 Å². The van der Waals surface area contributed by atoms with E-state index in [4.69, 9.17) is 25.9 Å². The van der Waals surface area contributed by atoms with Crippen molar-refractivity contribution in [2.45, 2.75) is 39.2 Å². The topological polar surface area (TPSA) is 138 Å². The minimum atomic E-state index is -1.30. The van der Waals surface area contributed by atoms with E-state index in [1.54, 1.807) is 41.3 Å². The predicted molar refractivity (Wildman–Crippen MR) is 215 cm³/mol. The number of aliphatic hydroxyl groups excluding tert-OH is 1. The van der Waals surface area contributed by atoms with Crippen molar-refractivity contribution in [1.29, 1.82) is 0 Å². The summed E-state index contributed by atoms with van der Waals surface area (Å²) in [5, 5.41) is 16.4. The van der Waals surface area contributed by atoms with Crippen molar-refractivity contribution in [3.63, 3.8) is 0 Å². The van der Waals surface area contributed by atoms with Gasteiger partial charge < -0.3 is 19.2 Å². The van der Waals surface area contributed by atoms with Gasteiger partial charge in [-0.3, -0.25) is 28.8 Å². The number of hydrogen-bond acceptors (Lipinski definition) is 10. The molecule has 5 aromatic rings. The minimum absolute atomic E-state index is 0.207. The van der Waals surface area contributed by atoms with Crippen LogP contribution < -0.4 is 14.7 Å². The third-order valence-electron chi connectivity index (χ3n) is 13.1. The maximum Gasteiger partial charge on any atom is 0.242 e. The Hall–Kier alpha value is -5.08. The molecule has 14 heteroatoms. The number of benzene rings is 2. The van der Waals surface area contributed by atoms with Crippen LogP contribution in [0.3, 0.4) is 0 Å². The highest BCUT2D eigenvalue weighted by atomic mass is 35.5. The fraction of sp³-hybridized carbons (Fsp3) is 0.372. The summed E-state index contributed by atoms with van der Waals surface area (Å²) in [6.07, 6.45) is 2.51. The molecule has 2 aromatic carbocycles. The number of allylic oxidation sites excluding steroid dienone is 2. The first-order valence-corrected chi connectivity index (χ1v) is 20.5. The van der Waals surface area contributed by atoms with Crippen LogP contribution in [0.5, 0.6) is 0 Å². The molecule has 4 amide bonds. The monoisotopic (exact) mass is 805 g/mol. The zero-order chi connectivity index (χ0) is 39.5. The number of rotatable bonds is 6. The zero-order valence-electron chi connectivity index (χ0n) is 31.6. The van der Waals surface area contributed by atoms with Gasteiger partial charge in [-0.05, 0) is 98.2 Å². The number of anilines is 3. The highest BCUT2D eigenvalue weighted by Gasteiger charge is 2.68. The van der Waals surface area contributed by atoms with Gasteiger partial charge in [0.15, 0.2) is 0 Å². The van der Waals surface area contributed by atoms with Gasteiger partial charge in [-0.15, -0.1) is 11.3 Å². The van der Waals surface area contributed by atoms with Crippen LogP contribution in [0.4, 0.5) is 17.2 Å². The van der Waals surface area contributed by atoms with E-state index in [9.17, 15) is 19.5 Å². The maximum atomic E-state index is 15.1. The molecule has 57 heavy (non-hydrogen) atoms. The molecular formula is C43H40ClN5O7S. The Balaban J connectivity index is 1.02. The molecule has 6 heterocycles. The lowest BCUT2D eigenvalue weighted by molar-refractivity contribution is -0.131. The van der Waals surface area contributed by atoms with Gasteiger partial charge in [0.25, 0.3) is 0 Å². The lowest BCUT2D eigenvalue weighted by atomic mass is 9.52. The fourth-order valence-corrected chi connectivity index (χ4v) is 11.6. The number of nitrogens with zero attached hydrogens (tertiary/aromatic N) is 5. The molecule has 12 nitrogen and oxygen atoms in total. The Bertz CT molecular complexity index is 2550. The van der Waals surface area contributed by atoms with E-state index in [-0.39, 0.29) is 30.7 Å². The van der Waals surface area contributed by atoms with Crippen molar-refractivity contribution in [1.82, 2.24) is 9.78 Å².